The summed E-state index contributed by atoms with van der Waals surface area (Å²) in [6, 6.07) is 16.9. The highest BCUT2D eigenvalue weighted by atomic mass is 35.5. The van der Waals surface area contributed by atoms with Gasteiger partial charge in [-0.25, -0.2) is 4.39 Å². The molecule has 2 N–H and O–H groups in total. The minimum absolute atomic E-state index is 0.0691. The van der Waals surface area contributed by atoms with E-state index in [0.717, 1.165) is 11.3 Å². The number of aromatic nitrogens is 1. The molecule has 1 aromatic heterocycles. The zero-order valence-corrected chi connectivity index (χ0v) is 17.9. The van der Waals surface area contributed by atoms with Gasteiger partial charge in [-0.05, 0) is 47.5 Å². The Balaban J connectivity index is 1.54. The van der Waals surface area contributed by atoms with Crippen LogP contribution in [0.3, 0.4) is 0 Å². The fraction of sp³-hybridized carbons (Fsp3) is 0.160. The standard InChI is InChI=1S/C25H21ClFN3O2/c26-22-9-8-16(11-23(22)27)17-12-24(29-14-17)20-6-1-2-7-21(20)25(32)30-19(15-31)13-18-5-3-4-10-28-18/h1-12,19,31H,13-15H2,(H,30,32)/t19-/m1/s1. The molecule has 5 nitrogen and oxygen atoms in total. The van der Waals surface area contributed by atoms with Crippen molar-refractivity contribution in [1.29, 1.82) is 0 Å². The van der Waals surface area contributed by atoms with E-state index < -0.39 is 11.9 Å². The fourth-order valence-corrected chi connectivity index (χ4v) is 3.68. The van der Waals surface area contributed by atoms with Gasteiger partial charge in [0.25, 0.3) is 5.91 Å². The maximum absolute atomic E-state index is 13.9. The fourth-order valence-electron chi connectivity index (χ4n) is 3.56. The Kier molecular flexibility index (Phi) is 6.73. The summed E-state index contributed by atoms with van der Waals surface area (Å²) in [5, 5.41) is 12.7. The summed E-state index contributed by atoms with van der Waals surface area (Å²) in [4.78, 5) is 21.8. The van der Waals surface area contributed by atoms with E-state index in [1.54, 1.807) is 24.4 Å². The number of hydrogen-bond donors (Lipinski definition) is 2. The number of nitrogens with zero attached hydrogens (tertiary/aromatic N) is 2. The summed E-state index contributed by atoms with van der Waals surface area (Å²) in [6.45, 7) is 0.170. The van der Waals surface area contributed by atoms with Gasteiger partial charge in [-0.1, -0.05) is 41.9 Å². The molecule has 3 aromatic rings. The van der Waals surface area contributed by atoms with E-state index in [9.17, 15) is 14.3 Å². The first-order valence-corrected chi connectivity index (χ1v) is 10.5. The zero-order valence-electron chi connectivity index (χ0n) is 17.1. The Hall–Kier alpha value is -3.35. The molecule has 2 aromatic carbocycles. The molecule has 1 aliphatic heterocycles. The summed E-state index contributed by atoms with van der Waals surface area (Å²) in [6.07, 6.45) is 3.94. The van der Waals surface area contributed by atoms with Gasteiger partial charge >= 0.3 is 0 Å². The van der Waals surface area contributed by atoms with Crippen molar-refractivity contribution in [3.8, 4) is 0 Å². The third-order valence-corrected chi connectivity index (χ3v) is 5.51. The molecule has 0 saturated heterocycles. The van der Waals surface area contributed by atoms with Crippen LogP contribution in [0.1, 0.15) is 27.2 Å². The van der Waals surface area contributed by atoms with Crippen molar-refractivity contribution < 1.29 is 14.3 Å². The third kappa shape index (κ3) is 4.93. The minimum Gasteiger partial charge on any atom is -0.394 e. The number of amides is 1. The predicted octanol–water partition coefficient (Wildman–Crippen LogP) is 4.09. The largest absolute Gasteiger partial charge is 0.394 e. The van der Waals surface area contributed by atoms with E-state index in [4.69, 9.17) is 11.6 Å². The van der Waals surface area contributed by atoms with E-state index >= 15 is 0 Å². The molecule has 0 aliphatic carbocycles. The van der Waals surface area contributed by atoms with Gasteiger partial charge in [0, 0.05) is 29.4 Å². The highest BCUT2D eigenvalue weighted by molar-refractivity contribution is 6.30. The van der Waals surface area contributed by atoms with Gasteiger partial charge in [0.2, 0.25) is 0 Å². The Morgan fingerprint density at radius 2 is 1.97 bits per heavy atom. The minimum atomic E-state index is -0.485. The molecule has 7 heteroatoms. The molecule has 32 heavy (non-hydrogen) atoms. The molecule has 1 atom stereocenters. The molecular weight excluding hydrogens is 429 g/mol. The maximum atomic E-state index is 13.9. The van der Waals surface area contributed by atoms with Crippen LogP contribution in [0.5, 0.6) is 0 Å². The van der Waals surface area contributed by atoms with Crippen LogP contribution in [0.2, 0.25) is 5.02 Å². The number of allylic oxidation sites excluding steroid dienone is 1. The number of aliphatic imine (C=N–C) groups is 1. The summed E-state index contributed by atoms with van der Waals surface area (Å²) in [5.41, 5.74) is 4.08. The highest BCUT2D eigenvalue weighted by Crippen LogP contribution is 2.26. The Labute approximate surface area is 190 Å². The second-order valence-corrected chi connectivity index (χ2v) is 7.83. The smallest absolute Gasteiger partial charge is 0.252 e. The van der Waals surface area contributed by atoms with E-state index in [2.05, 4.69) is 15.3 Å². The van der Waals surface area contributed by atoms with Gasteiger partial charge in [0.15, 0.2) is 0 Å². The number of pyridine rings is 1. The summed E-state index contributed by atoms with van der Waals surface area (Å²) >= 11 is 5.78. The van der Waals surface area contributed by atoms with Crippen molar-refractivity contribution in [3.63, 3.8) is 0 Å². The van der Waals surface area contributed by atoms with Crippen molar-refractivity contribution >= 4 is 28.8 Å². The van der Waals surface area contributed by atoms with E-state index in [-0.39, 0.29) is 17.5 Å². The van der Waals surface area contributed by atoms with Crippen molar-refractivity contribution in [2.75, 3.05) is 13.2 Å². The molecule has 162 valence electrons. The second kappa shape index (κ2) is 9.85. The molecule has 2 heterocycles. The van der Waals surface area contributed by atoms with Gasteiger partial charge in [-0.3, -0.25) is 14.8 Å². The highest BCUT2D eigenvalue weighted by Gasteiger charge is 2.21. The number of carbonyl (C=O) groups excluding carboxylic acids is 1. The van der Waals surface area contributed by atoms with Crippen LogP contribution in [0.25, 0.3) is 5.57 Å². The lowest BCUT2D eigenvalue weighted by Crippen LogP contribution is -2.39. The second-order valence-electron chi connectivity index (χ2n) is 7.42. The number of hydrogen-bond acceptors (Lipinski definition) is 4. The van der Waals surface area contributed by atoms with Gasteiger partial charge in [-0.15, -0.1) is 0 Å². The normalized spacial score (nSPS) is 14.0. The molecule has 0 bridgehead atoms. The monoisotopic (exact) mass is 449 g/mol. The van der Waals surface area contributed by atoms with Crippen LogP contribution in [-0.4, -0.2) is 40.9 Å². The predicted molar refractivity (Wildman–Crippen MR) is 124 cm³/mol. The molecular formula is C25H21ClFN3O2. The average molecular weight is 450 g/mol. The number of carbonyl (C=O) groups is 1. The molecule has 0 saturated carbocycles. The molecule has 0 radical (unpaired) electrons. The van der Waals surface area contributed by atoms with Crippen LogP contribution in [0.15, 0.2) is 77.9 Å². The first-order valence-electron chi connectivity index (χ1n) is 10.2. The number of rotatable bonds is 7. The topological polar surface area (TPSA) is 74.6 Å². The number of nitrogens with one attached hydrogen (secondary N) is 1. The van der Waals surface area contributed by atoms with Gasteiger partial charge < -0.3 is 10.4 Å². The van der Waals surface area contributed by atoms with Crippen LogP contribution in [0, 0.1) is 5.82 Å². The van der Waals surface area contributed by atoms with Gasteiger partial charge in [-0.2, -0.15) is 0 Å². The maximum Gasteiger partial charge on any atom is 0.252 e. The van der Waals surface area contributed by atoms with E-state index in [1.807, 2.05) is 36.4 Å². The Bertz CT molecular complexity index is 1190. The molecule has 0 unspecified atom stereocenters. The summed E-state index contributed by atoms with van der Waals surface area (Å²) < 4.78 is 13.9. The number of halogens is 2. The average Bonchev–Trinajstić information content (AvgIpc) is 3.31. The number of aliphatic hydroxyl groups excluding tert-OH is 1. The zero-order chi connectivity index (χ0) is 22.5. The van der Waals surface area contributed by atoms with E-state index in [1.165, 1.54) is 12.1 Å². The lowest BCUT2D eigenvalue weighted by Gasteiger charge is -2.17. The Morgan fingerprint density at radius 1 is 1.16 bits per heavy atom. The SMILES string of the molecule is O=C(N[C@@H](CO)Cc1ccccn1)c1ccccc1C1=NCC(c2ccc(Cl)c(F)c2)=C1. The third-order valence-electron chi connectivity index (χ3n) is 5.21. The quantitative estimate of drug-likeness (QED) is 0.570. The first kappa shape index (κ1) is 21.9. The molecule has 4 rings (SSSR count). The molecule has 1 amide bonds. The summed E-state index contributed by atoms with van der Waals surface area (Å²) in [7, 11) is 0. The molecule has 0 spiro atoms. The van der Waals surface area contributed by atoms with Gasteiger partial charge in [0.1, 0.15) is 5.82 Å². The Morgan fingerprint density at radius 3 is 2.72 bits per heavy atom. The number of benzene rings is 2. The summed E-state index contributed by atoms with van der Waals surface area (Å²) in [5.74, 6) is -0.793. The van der Waals surface area contributed by atoms with E-state index in [0.29, 0.717) is 35.4 Å². The van der Waals surface area contributed by atoms with Crippen LogP contribution < -0.4 is 5.32 Å². The van der Waals surface area contributed by atoms with Crippen LogP contribution in [0.4, 0.5) is 4.39 Å². The lowest BCUT2D eigenvalue weighted by molar-refractivity contribution is 0.0916. The van der Waals surface area contributed by atoms with Crippen molar-refractivity contribution in [1.82, 2.24) is 10.3 Å². The lowest BCUT2D eigenvalue weighted by atomic mass is 9.99. The molecule has 1 aliphatic rings. The van der Waals surface area contributed by atoms with Crippen LogP contribution >= 0.6 is 11.6 Å². The van der Waals surface area contributed by atoms with Crippen LogP contribution in [-0.2, 0) is 6.42 Å². The molecule has 0 fully saturated rings. The van der Waals surface area contributed by atoms with Gasteiger partial charge in [0.05, 0.1) is 29.9 Å². The van der Waals surface area contributed by atoms with Crippen molar-refractivity contribution in [2.45, 2.75) is 12.5 Å². The van der Waals surface area contributed by atoms with Crippen molar-refractivity contribution in [3.05, 3.63) is 106 Å². The first-order chi connectivity index (χ1) is 15.5. The number of aliphatic hydroxyl groups is 1. The van der Waals surface area contributed by atoms with Crippen molar-refractivity contribution in [2.24, 2.45) is 4.99 Å².